The second-order valence-electron chi connectivity index (χ2n) is 4.30. The Morgan fingerprint density at radius 3 is 2.47 bits per heavy atom. The maximum atomic E-state index is 11.7. The first-order valence-corrected chi connectivity index (χ1v) is 7.56. The minimum atomic E-state index is -3.53. The fourth-order valence-electron chi connectivity index (χ4n) is 1.49. The van der Waals surface area contributed by atoms with Gasteiger partial charge in [-0.1, -0.05) is 0 Å². The molecular formula is C12H16N2O4S. The molecule has 2 rings (SSSR count). The molecule has 0 aliphatic heterocycles. The molecule has 1 fully saturated rings. The average molecular weight is 284 g/mol. The van der Waals surface area contributed by atoms with Gasteiger partial charge in [-0.05, 0) is 44.0 Å². The SMILES string of the molecule is CCOC(=O)c1ccc(NS(=O)(=O)NC2CC2)cc1. The number of ether oxygens (including phenoxy) is 1. The predicted octanol–water partition coefficient (Wildman–Crippen LogP) is 1.27. The van der Waals surface area contributed by atoms with Gasteiger partial charge >= 0.3 is 5.97 Å². The molecule has 0 spiro atoms. The number of nitrogens with one attached hydrogen (secondary N) is 2. The molecule has 1 aromatic rings. The van der Waals surface area contributed by atoms with Gasteiger partial charge < -0.3 is 4.74 Å². The number of benzene rings is 1. The van der Waals surface area contributed by atoms with E-state index < -0.39 is 16.2 Å². The van der Waals surface area contributed by atoms with Crippen LogP contribution in [0.2, 0.25) is 0 Å². The van der Waals surface area contributed by atoms with Gasteiger partial charge in [-0.15, -0.1) is 0 Å². The van der Waals surface area contributed by atoms with E-state index in [2.05, 4.69) is 9.44 Å². The summed E-state index contributed by atoms with van der Waals surface area (Å²) in [5.74, 6) is -0.423. The Balaban J connectivity index is 1.99. The molecule has 1 aliphatic rings. The quantitative estimate of drug-likeness (QED) is 0.770. The van der Waals surface area contributed by atoms with Gasteiger partial charge in [-0.3, -0.25) is 4.72 Å². The lowest BCUT2D eigenvalue weighted by Gasteiger charge is -2.09. The van der Waals surface area contributed by atoms with Crippen molar-refractivity contribution in [3.63, 3.8) is 0 Å². The van der Waals surface area contributed by atoms with Crippen molar-refractivity contribution in [3.05, 3.63) is 29.8 Å². The highest BCUT2D eigenvalue weighted by Crippen LogP contribution is 2.20. The number of carbonyl (C=O) groups excluding carboxylic acids is 1. The Morgan fingerprint density at radius 2 is 1.95 bits per heavy atom. The van der Waals surface area contributed by atoms with Gasteiger partial charge in [0.2, 0.25) is 0 Å². The lowest BCUT2D eigenvalue weighted by atomic mass is 10.2. The summed E-state index contributed by atoms with van der Waals surface area (Å²) in [7, 11) is -3.53. The van der Waals surface area contributed by atoms with Crippen LogP contribution in [0.1, 0.15) is 30.1 Å². The van der Waals surface area contributed by atoms with Crippen molar-refractivity contribution in [2.45, 2.75) is 25.8 Å². The van der Waals surface area contributed by atoms with Gasteiger partial charge in [-0.2, -0.15) is 13.1 Å². The molecule has 7 heteroatoms. The first kappa shape index (κ1) is 13.8. The zero-order valence-corrected chi connectivity index (χ0v) is 11.4. The summed E-state index contributed by atoms with van der Waals surface area (Å²) in [5, 5.41) is 0. The first-order chi connectivity index (χ1) is 9.00. The monoisotopic (exact) mass is 284 g/mol. The van der Waals surface area contributed by atoms with Crippen LogP contribution < -0.4 is 9.44 Å². The van der Waals surface area contributed by atoms with E-state index in [9.17, 15) is 13.2 Å². The lowest BCUT2D eigenvalue weighted by Crippen LogP contribution is -2.31. The van der Waals surface area contributed by atoms with Crippen LogP contribution in [0.3, 0.4) is 0 Å². The van der Waals surface area contributed by atoms with E-state index >= 15 is 0 Å². The highest BCUT2D eigenvalue weighted by atomic mass is 32.2. The van der Waals surface area contributed by atoms with Crippen molar-refractivity contribution in [1.82, 2.24) is 4.72 Å². The Bertz CT molecular complexity index is 550. The third-order valence-electron chi connectivity index (χ3n) is 2.55. The fourth-order valence-corrected chi connectivity index (χ4v) is 2.67. The summed E-state index contributed by atoms with van der Waals surface area (Å²) < 4.78 is 33.1. The van der Waals surface area contributed by atoms with Crippen LogP contribution in [-0.2, 0) is 14.9 Å². The molecule has 1 aliphatic carbocycles. The Kier molecular flexibility index (Phi) is 4.06. The van der Waals surface area contributed by atoms with Crippen LogP contribution in [0.15, 0.2) is 24.3 Å². The van der Waals surface area contributed by atoms with E-state index in [-0.39, 0.29) is 6.04 Å². The number of rotatable bonds is 6. The number of esters is 1. The van der Waals surface area contributed by atoms with Crippen LogP contribution in [0, 0.1) is 0 Å². The summed E-state index contributed by atoms with van der Waals surface area (Å²) >= 11 is 0. The summed E-state index contributed by atoms with van der Waals surface area (Å²) in [6.45, 7) is 2.03. The fraction of sp³-hybridized carbons (Fsp3) is 0.417. The van der Waals surface area contributed by atoms with E-state index in [0.29, 0.717) is 17.9 Å². The van der Waals surface area contributed by atoms with Crippen molar-refractivity contribution >= 4 is 21.9 Å². The molecule has 1 saturated carbocycles. The molecule has 0 heterocycles. The predicted molar refractivity (Wildman–Crippen MR) is 71.1 cm³/mol. The molecule has 1 aromatic carbocycles. The summed E-state index contributed by atoms with van der Waals surface area (Å²) in [6, 6.07) is 6.15. The van der Waals surface area contributed by atoms with Crippen molar-refractivity contribution in [3.8, 4) is 0 Å². The number of carbonyl (C=O) groups is 1. The molecule has 2 N–H and O–H groups in total. The van der Waals surface area contributed by atoms with Crippen LogP contribution in [0.5, 0.6) is 0 Å². The minimum Gasteiger partial charge on any atom is -0.462 e. The largest absolute Gasteiger partial charge is 0.462 e. The topological polar surface area (TPSA) is 84.5 Å². The first-order valence-electron chi connectivity index (χ1n) is 6.07. The number of anilines is 1. The number of hydrogen-bond acceptors (Lipinski definition) is 4. The third-order valence-corrected chi connectivity index (χ3v) is 3.70. The normalized spacial score (nSPS) is 15.0. The van der Waals surface area contributed by atoms with Crippen LogP contribution in [-0.4, -0.2) is 27.0 Å². The van der Waals surface area contributed by atoms with Crippen molar-refractivity contribution in [2.24, 2.45) is 0 Å². The molecule has 0 bridgehead atoms. The molecule has 0 aromatic heterocycles. The average Bonchev–Trinajstić information content (AvgIpc) is 3.12. The van der Waals surface area contributed by atoms with E-state index in [1.807, 2.05) is 0 Å². The van der Waals surface area contributed by atoms with Crippen LogP contribution in [0.4, 0.5) is 5.69 Å². The van der Waals surface area contributed by atoms with Crippen LogP contribution in [0.25, 0.3) is 0 Å². The second-order valence-corrected chi connectivity index (χ2v) is 5.74. The number of hydrogen-bond donors (Lipinski definition) is 2. The third kappa shape index (κ3) is 4.22. The molecule has 6 nitrogen and oxygen atoms in total. The van der Waals surface area contributed by atoms with Crippen molar-refractivity contribution in [1.29, 1.82) is 0 Å². The summed E-state index contributed by atoms with van der Waals surface area (Å²) in [5.41, 5.74) is 0.793. The van der Waals surface area contributed by atoms with E-state index in [0.717, 1.165) is 12.8 Å². The molecule has 0 amide bonds. The van der Waals surface area contributed by atoms with Gasteiger partial charge in [0.1, 0.15) is 0 Å². The van der Waals surface area contributed by atoms with E-state index in [1.54, 1.807) is 6.92 Å². The van der Waals surface area contributed by atoms with Gasteiger partial charge in [0.25, 0.3) is 10.2 Å². The lowest BCUT2D eigenvalue weighted by molar-refractivity contribution is 0.0526. The Hall–Kier alpha value is -1.60. The molecule has 19 heavy (non-hydrogen) atoms. The minimum absolute atomic E-state index is 0.0521. The molecule has 0 saturated heterocycles. The van der Waals surface area contributed by atoms with Gasteiger partial charge in [0.15, 0.2) is 0 Å². The molecule has 0 atom stereocenters. The van der Waals surface area contributed by atoms with Crippen molar-refractivity contribution < 1.29 is 17.9 Å². The van der Waals surface area contributed by atoms with Gasteiger partial charge in [-0.25, -0.2) is 4.79 Å². The van der Waals surface area contributed by atoms with Crippen LogP contribution >= 0.6 is 0 Å². The smallest absolute Gasteiger partial charge is 0.338 e. The Labute approximate surface area is 112 Å². The molecular weight excluding hydrogens is 268 g/mol. The zero-order chi connectivity index (χ0) is 13.9. The zero-order valence-electron chi connectivity index (χ0n) is 10.5. The highest BCUT2D eigenvalue weighted by Gasteiger charge is 2.26. The second kappa shape index (κ2) is 5.58. The van der Waals surface area contributed by atoms with Gasteiger partial charge in [0.05, 0.1) is 12.2 Å². The molecule has 0 radical (unpaired) electrons. The standard InChI is InChI=1S/C12H16N2O4S/c1-2-18-12(15)9-3-5-10(6-4-9)13-19(16,17)14-11-7-8-11/h3-6,11,13-14H,2,7-8H2,1H3. The summed E-state index contributed by atoms with van der Waals surface area (Å²) in [6.07, 6.45) is 1.76. The van der Waals surface area contributed by atoms with E-state index in [1.165, 1.54) is 24.3 Å². The maximum absolute atomic E-state index is 11.7. The Morgan fingerprint density at radius 1 is 1.32 bits per heavy atom. The molecule has 104 valence electrons. The maximum Gasteiger partial charge on any atom is 0.338 e. The van der Waals surface area contributed by atoms with E-state index in [4.69, 9.17) is 4.74 Å². The summed E-state index contributed by atoms with van der Waals surface area (Å²) in [4.78, 5) is 11.4. The van der Waals surface area contributed by atoms with Crippen molar-refractivity contribution in [2.75, 3.05) is 11.3 Å². The highest BCUT2D eigenvalue weighted by molar-refractivity contribution is 7.90. The van der Waals surface area contributed by atoms with Gasteiger partial charge in [0, 0.05) is 11.7 Å². The molecule has 0 unspecified atom stereocenters.